The van der Waals surface area contributed by atoms with Crippen LogP contribution in [-0.2, 0) is 9.68 Å². The number of aliphatic hydroxyl groups is 2. The lowest BCUT2D eigenvalue weighted by Gasteiger charge is -2.19. The quantitative estimate of drug-likeness (QED) is 0.656. The Labute approximate surface area is 98.9 Å². The van der Waals surface area contributed by atoms with Crippen molar-refractivity contribution in [2.24, 2.45) is 0 Å². The molecule has 1 aromatic rings. The summed E-state index contributed by atoms with van der Waals surface area (Å²) in [5.41, 5.74) is 0.392. The number of nitrogens with zero attached hydrogens (tertiary/aromatic N) is 1. The van der Waals surface area contributed by atoms with E-state index in [0.29, 0.717) is 10.8 Å². The number of hydrogen-bond acceptors (Lipinski definition) is 5. The number of rotatable bonds is 7. The summed E-state index contributed by atoms with van der Waals surface area (Å²) in [4.78, 5) is 21.7. The molecule has 2 N–H and O–H groups in total. The Bertz CT molecular complexity index is 322. The molecule has 0 spiro atoms. The molecule has 0 saturated heterocycles. The van der Waals surface area contributed by atoms with Gasteiger partial charge in [-0.3, -0.25) is 4.79 Å². The third-order valence-electron chi connectivity index (χ3n) is 1.79. The van der Waals surface area contributed by atoms with Gasteiger partial charge in [0.1, 0.15) is 13.2 Å². The lowest BCUT2D eigenvalue weighted by molar-refractivity contribution is -0.331. The monoisotopic (exact) mass is 241 g/mol. The van der Waals surface area contributed by atoms with Gasteiger partial charge in [-0.05, 0) is 12.1 Å². The van der Waals surface area contributed by atoms with Gasteiger partial charge in [-0.2, -0.15) is 0 Å². The standard InChI is InChI=1S/C11H15NO5/c13-6-8-16-12(17-9-7-14)11(15)10-4-2-1-3-5-10/h1-5,13-14H,6-9H2. The third-order valence-corrected chi connectivity index (χ3v) is 1.79. The highest BCUT2D eigenvalue weighted by molar-refractivity contribution is 5.92. The molecule has 6 nitrogen and oxygen atoms in total. The zero-order valence-electron chi connectivity index (χ0n) is 9.28. The van der Waals surface area contributed by atoms with Crippen molar-refractivity contribution in [3.05, 3.63) is 35.9 Å². The van der Waals surface area contributed by atoms with E-state index >= 15 is 0 Å². The molecule has 0 aromatic heterocycles. The van der Waals surface area contributed by atoms with Crippen molar-refractivity contribution in [3.63, 3.8) is 0 Å². The first-order chi connectivity index (χ1) is 8.29. The molecular weight excluding hydrogens is 226 g/mol. The number of benzene rings is 1. The first-order valence-corrected chi connectivity index (χ1v) is 5.16. The minimum Gasteiger partial charge on any atom is -0.394 e. The van der Waals surface area contributed by atoms with Crippen molar-refractivity contribution in [1.29, 1.82) is 0 Å². The predicted octanol–water partition coefficient (Wildman–Crippen LogP) is -0.0234. The second kappa shape index (κ2) is 7.75. The molecular formula is C11H15NO5. The molecule has 0 heterocycles. The highest BCUT2D eigenvalue weighted by atomic mass is 17.0. The van der Waals surface area contributed by atoms with Crippen LogP contribution in [0, 0.1) is 0 Å². The van der Waals surface area contributed by atoms with Crippen LogP contribution in [0.25, 0.3) is 0 Å². The average Bonchev–Trinajstić information content (AvgIpc) is 2.39. The molecule has 0 radical (unpaired) electrons. The van der Waals surface area contributed by atoms with Crippen LogP contribution in [0.4, 0.5) is 0 Å². The van der Waals surface area contributed by atoms with E-state index in [1.165, 1.54) is 0 Å². The van der Waals surface area contributed by atoms with Crippen molar-refractivity contribution < 1.29 is 24.7 Å². The van der Waals surface area contributed by atoms with Gasteiger partial charge in [-0.1, -0.05) is 23.4 Å². The molecule has 0 fully saturated rings. The summed E-state index contributed by atoms with van der Waals surface area (Å²) in [6, 6.07) is 8.43. The van der Waals surface area contributed by atoms with Crippen molar-refractivity contribution in [3.8, 4) is 0 Å². The van der Waals surface area contributed by atoms with Gasteiger partial charge < -0.3 is 10.2 Å². The molecule has 94 valence electrons. The number of aliphatic hydroxyl groups excluding tert-OH is 2. The Morgan fingerprint density at radius 2 is 1.59 bits per heavy atom. The van der Waals surface area contributed by atoms with Gasteiger partial charge in [0.2, 0.25) is 0 Å². The topological polar surface area (TPSA) is 79.2 Å². The largest absolute Gasteiger partial charge is 0.394 e. The van der Waals surface area contributed by atoms with Gasteiger partial charge in [0.05, 0.1) is 13.2 Å². The molecule has 0 aliphatic rings. The van der Waals surface area contributed by atoms with Crippen LogP contribution in [0.15, 0.2) is 30.3 Å². The molecule has 0 saturated carbocycles. The minimum atomic E-state index is -0.493. The smallest absolute Gasteiger partial charge is 0.303 e. The van der Waals surface area contributed by atoms with Crippen molar-refractivity contribution in [1.82, 2.24) is 5.23 Å². The summed E-state index contributed by atoms with van der Waals surface area (Å²) in [7, 11) is 0. The number of carbonyl (C=O) groups excluding carboxylic acids is 1. The van der Waals surface area contributed by atoms with Gasteiger partial charge >= 0.3 is 5.91 Å². The summed E-state index contributed by atoms with van der Waals surface area (Å²) in [5.74, 6) is -0.493. The molecule has 1 amide bonds. The van der Waals surface area contributed by atoms with Gasteiger partial charge in [-0.25, -0.2) is 9.68 Å². The maximum Gasteiger partial charge on any atom is 0.303 e. The molecule has 0 aliphatic heterocycles. The Hall–Kier alpha value is -1.47. The van der Waals surface area contributed by atoms with Crippen LogP contribution in [-0.4, -0.2) is 47.8 Å². The normalized spacial score (nSPS) is 10.2. The van der Waals surface area contributed by atoms with Gasteiger partial charge in [0.15, 0.2) is 0 Å². The van der Waals surface area contributed by atoms with Crippen LogP contribution in [0.1, 0.15) is 10.4 Å². The van der Waals surface area contributed by atoms with Crippen molar-refractivity contribution in [2.75, 3.05) is 26.4 Å². The maximum absolute atomic E-state index is 11.9. The summed E-state index contributed by atoms with van der Waals surface area (Å²) < 4.78 is 0. The van der Waals surface area contributed by atoms with Crippen LogP contribution in [0.5, 0.6) is 0 Å². The molecule has 1 rings (SSSR count). The van der Waals surface area contributed by atoms with Gasteiger partial charge in [0, 0.05) is 5.56 Å². The van der Waals surface area contributed by atoms with Crippen LogP contribution in [0.2, 0.25) is 0 Å². The van der Waals surface area contributed by atoms with Crippen LogP contribution in [0.3, 0.4) is 0 Å². The fourth-order valence-electron chi connectivity index (χ4n) is 1.09. The zero-order chi connectivity index (χ0) is 12.5. The minimum absolute atomic E-state index is 0.0655. The highest BCUT2D eigenvalue weighted by Crippen LogP contribution is 2.05. The molecule has 0 aliphatic carbocycles. The SMILES string of the molecule is O=C(c1ccccc1)N(OCCO)OCCO. The van der Waals surface area contributed by atoms with Crippen LogP contribution >= 0.6 is 0 Å². The number of hydrogen-bond donors (Lipinski definition) is 2. The van der Waals surface area contributed by atoms with E-state index in [0.717, 1.165) is 0 Å². The van der Waals surface area contributed by atoms with Crippen LogP contribution < -0.4 is 0 Å². The Morgan fingerprint density at radius 1 is 1.06 bits per heavy atom. The number of amides is 1. The second-order valence-corrected chi connectivity index (χ2v) is 3.04. The van der Waals surface area contributed by atoms with Crippen molar-refractivity contribution in [2.45, 2.75) is 0 Å². The van der Waals surface area contributed by atoms with E-state index in [1.807, 2.05) is 0 Å². The number of carbonyl (C=O) groups is 1. The summed E-state index contributed by atoms with van der Waals surface area (Å²) in [6.07, 6.45) is 0. The fraction of sp³-hybridized carbons (Fsp3) is 0.364. The first kappa shape index (κ1) is 13.6. The van der Waals surface area contributed by atoms with E-state index in [9.17, 15) is 4.79 Å². The first-order valence-electron chi connectivity index (χ1n) is 5.16. The van der Waals surface area contributed by atoms with E-state index in [-0.39, 0.29) is 26.4 Å². The predicted molar refractivity (Wildman–Crippen MR) is 58.7 cm³/mol. The third kappa shape index (κ3) is 4.49. The van der Waals surface area contributed by atoms with Gasteiger partial charge in [-0.15, -0.1) is 0 Å². The zero-order valence-corrected chi connectivity index (χ0v) is 9.28. The lowest BCUT2D eigenvalue weighted by Crippen LogP contribution is -2.33. The van der Waals surface area contributed by atoms with E-state index in [1.54, 1.807) is 30.3 Å². The number of hydroxylamine groups is 2. The maximum atomic E-state index is 11.9. The molecule has 0 atom stereocenters. The van der Waals surface area contributed by atoms with Gasteiger partial charge in [0.25, 0.3) is 0 Å². The summed E-state index contributed by atoms with van der Waals surface area (Å²) in [6.45, 7) is -0.601. The molecule has 0 bridgehead atoms. The lowest BCUT2D eigenvalue weighted by atomic mass is 10.2. The summed E-state index contributed by atoms with van der Waals surface area (Å²) >= 11 is 0. The summed E-state index contributed by atoms with van der Waals surface area (Å²) in [5, 5.41) is 17.9. The molecule has 17 heavy (non-hydrogen) atoms. The molecule has 0 unspecified atom stereocenters. The Balaban J connectivity index is 2.64. The molecule has 6 heteroatoms. The average molecular weight is 241 g/mol. The Kier molecular flexibility index (Phi) is 6.19. The van der Waals surface area contributed by atoms with E-state index in [4.69, 9.17) is 19.9 Å². The molecule has 1 aromatic carbocycles. The highest BCUT2D eigenvalue weighted by Gasteiger charge is 2.17. The van der Waals surface area contributed by atoms with E-state index in [2.05, 4.69) is 0 Å². The van der Waals surface area contributed by atoms with Crippen molar-refractivity contribution >= 4 is 5.91 Å². The Morgan fingerprint density at radius 3 is 2.06 bits per heavy atom. The van der Waals surface area contributed by atoms with E-state index < -0.39 is 5.91 Å². The fourth-order valence-corrected chi connectivity index (χ4v) is 1.09. The second-order valence-electron chi connectivity index (χ2n) is 3.04.